The number of amides is 2. The van der Waals surface area contributed by atoms with Crippen LogP contribution in [0, 0.1) is 28.9 Å². The number of hydrogen-bond acceptors (Lipinski definition) is 6. The number of ether oxygens (including phenoxy) is 1. The van der Waals surface area contributed by atoms with E-state index in [9.17, 15) is 14.0 Å². The van der Waals surface area contributed by atoms with Gasteiger partial charge in [-0.1, -0.05) is 11.8 Å². The van der Waals surface area contributed by atoms with E-state index in [1.54, 1.807) is 30.9 Å². The Hall–Kier alpha value is -5.08. The maximum Gasteiger partial charge on any atom is 0.242 e. The fourth-order valence-electron chi connectivity index (χ4n) is 4.44. The zero-order valence-electron chi connectivity index (χ0n) is 22.3. The molecule has 3 heterocycles. The molecule has 11 heteroatoms. The second-order valence-corrected chi connectivity index (χ2v) is 10.8. The van der Waals surface area contributed by atoms with Gasteiger partial charge in [0.25, 0.3) is 0 Å². The minimum absolute atomic E-state index is 0.0246. The number of anilines is 2. The molecule has 6 rings (SSSR count). The minimum atomic E-state index is -1.25. The van der Waals surface area contributed by atoms with Gasteiger partial charge >= 0.3 is 0 Å². The standard InChI is InChI=1S/C31H23F2N5O3S/c1-37(30(40)31(11-12-31)29(39)36-21-6-4-20(32)5-7-21)22-8-9-26(24(33)17-22)41-27-10-13-35-25-18-23(42-28(25)27)3-2-15-38-16-14-34-19-38/h4-10,13-14,16-19H,11-12,15H2,1H3,(H,36,39). The lowest BCUT2D eigenvalue weighted by molar-refractivity contribution is -0.132. The Labute approximate surface area is 243 Å². The van der Waals surface area contributed by atoms with Crippen molar-refractivity contribution in [3.05, 3.63) is 96.0 Å². The molecule has 42 heavy (non-hydrogen) atoms. The molecule has 210 valence electrons. The number of benzene rings is 2. The smallest absolute Gasteiger partial charge is 0.242 e. The van der Waals surface area contributed by atoms with Crippen molar-refractivity contribution in [2.24, 2.45) is 5.41 Å². The maximum atomic E-state index is 15.2. The first-order chi connectivity index (χ1) is 20.3. The van der Waals surface area contributed by atoms with Crippen LogP contribution < -0.4 is 15.0 Å². The second kappa shape index (κ2) is 11.1. The first kappa shape index (κ1) is 27.1. The summed E-state index contributed by atoms with van der Waals surface area (Å²) >= 11 is 1.39. The number of carbonyl (C=O) groups excluding carboxylic acids is 2. The molecule has 0 unspecified atom stereocenters. The van der Waals surface area contributed by atoms with Gasteiger partial charge < -0.3 is 19.5 Å². The molecule has 3 aromatic heterocycles. The number of hydrogen-bond donors (Lipinski definition) is 1. The number of thiophene rings is 1. The van der Waals surface area contributed by atoms with E-state index in [1.165, 1.54) is 59.7 Å². The summed E-state index contributed by atoms with van der Waals surface area (Å²) in [6.45, 7) is 0.500. The van der Waals surface area contributed by atoms with Gasteiger partial charge in [-0.15, -0.1) is 11.3 Å². The number of pyridine rings is 1. The van der Waals surface area contributed by atoms with Gasteiger partial charge in [0.1, 0.15) is 17.0 Å². The molecule has 1 aliphatic rings. The number of aromatic nitrogens is 3. The summed E-state index contributed by atoms with van der Waals surface area (Å²) in [5.41, 5.74) is 0.0913. The van der Waals surface area contributed by atoms with Crippen molar-refractivity contribution in [3.63, 3.8) is 0 Å². The molecule has 8 nitrogen and oxygen atoms in total. The van der Waals surface area contributed by atoms with Crippen LogP contribution in [0.25, 0.3) is 10.2 Å². The molecule has 0 spiro atoms. The summed E-state index contributed by atoms with van der Waals surface area (Å²) in [5, 5.41) is 2.68. The number of carbonyl (C=O) groups is 2. The van der Waals surface area contributed by atoms with Gasteiger partial charge in [-0.2, -0.15) is 0 Å². The summed E-state index contributed by atoms with van der Waals surface area (Å²) in [6, 6.07) is 13.0. The van der Waals surface area contributed by atoms with Crippen LogP contribution in [0.15, 0.2) is 79.5 Å². The molecule has 1 aliphatic carbocycles. The van der Waals surface area contributed by atoms with Crippen LogP contribution in [0.5, 0.6) is 11.5 Å². The molecule has 0 aliphatic heterocycles. The molecule has 1 saturated carbocycles. The molecule has 0 atom stereocenters. The van der Waals surface area contributed by atoms with Crippen molar-refractivity contribution < 1.29 is 23.1 Å². The quantitative estimate of drug-likeness (QED) is 0.188. The Morgan fingerprint density at radius 2 is 1.90 bits per heavy atom. The molecule has 1 fully saturated rings. The average molecular weight is 584 g/mol. The third-order valence-corrected chi connectivity index (χ3v) is 7.99. The molecule has 0 bridgehead atoms. The molecular formula is C31H23F2N5O3S. The number of nitrogens with zero attached hydrogens (tertiary/aromatic N) is 4. The van der Waals surface area contributed by atoms with Gasteiger partial charge in [0.05, 0.1) is 28.0 Å². The van der Waals surface area contributed by atoms with Crippen LogP contribution >= 0.6 is 11.3 Å². The molecule has 0 saturated heterocycles. The minimum Gasteiger partial charge on any atom is -0.453 e. The third-order valence-electron chi connectivity index (χ3n) is 6.93. The Balaban J connectivity index is 1.16. The van der Waals surface area contributed by atoms with E-state index in [4.69, 9.17) is 4.74 Å². The average Bonchev–Trinajstić information content (AvgIpc) is 3.42. The predicted molar refractivity (Wildman–Crippen MR) is 155 cm³/mol. The Kier molecular flexibility index (Phi) is 7.14. The van der Waals surface area contributed by atoms with Gasteiger partial charge in [0.2, 0.25) is 11.8 Å². The molecule has 5 aromatic rings. The topological polar surface area (TPSA) is 89.4 Å². The number of fused-ring (bicyclic) bond motifs is 1. The Morgan fingerprint density at radius 3 is 2.62 bits per heavy atom. The summed E-state index contributed by atoms with van der Waals surface area (Å²) in [6.07, 6.45) is 7.52. The van der Waals surface area contributed by atoms with Gasteiger partial charge in [0.15, 0.2) is 11.6 Å². The van der Waals surface area contributed by atoms with E-state index in [1.807, 2.05) is 16.8 Å². The predicted octanol–water partition coefficient (Wildman–Crippen LogP) is 6.00. The lowest BCUT2D eigenvalue weighted by Gasteiger charge is -2.23. The van der Waals surface area contributed by atoms with E-state index in [0.29, 0.717) is 36.3 Å². The fourth-order valence-corrected chi connectivity index (χ4v) is 5.38. The monoisotopic (exact) mass is 583 g/mol. The van der Waals surface area contributed by atoms with Gasteiger partial charge in [-0.25, -0.2) is 13.8 Å². The normalized spacial score (nSPS) is 13.2. The van der Waals surface area contributed by atoms with Crippen LogP contribution in [0.3, 0.4) is 0 Å². The first-order valence-electron chi connectivity index (χ1n) is 13.0. The van der Waals surface area contributed by atoms with E-state index < -0.39 is 28.9 Å². The highest BCUT2D eigenvalue weighted by atomic mass is 32.1. The molecule has 1 N–H and O–H groups in total. The zero-order valence-corrected chi connectivity index (χ0v) is 23.1. The summed E-state index contributed by atoms with van der Waals surface area (Å²) < 4.78 is 37.0. The summed E-state index contributed by atoms with van der Waals surface area (Å²) in [4.78, 5) is 36.7. The largest absolute Gasteiger partial charge is 0.453 e. The molecule has 0 radical (unpaired) electrons. The highest BCUT2D eigenvalue weighted by Crippen LogP contribution is 2.48. The van der Waals surface area contributed by atoms with Gasteiger partial charge in [0, 0.05) is 49.1 Å². The van der Waals surface area contributed by atoms with E-state index in [2.05, 4.69) is 27.1 Å². The van der Waals surface area contributed by atoms with Crippen molar-refractivity contribution >= 4 is 44.7 Å². The van der Waals surface area contributed by atoms with Crippen molar-refractivity contribution in [1.29, 1.82) is 0 Å². The highest BCUT2D eigenvalue weighted by Gasteiger charge is 2.57. The molecule has 2 amide bonds. The van der Waals surface area contributed by atoms with Crippen molar-refractivity contribution in [2.45, 2.75) is 19.4 Å². The van der Waals surface area contributed by atoms with Gasteiger partial charge in [-0.3, -0.25) is 14.6 Å². The molecule has 2 aromatic carbocycles. The SMILES string of the molecule is CN(C(=O)C1(C(=O)Nc2ccc(F)cc2)CC1)c1ccc(Oc2ccnc3cc(C#CCn4ccnc4)sc23)c(F)c1. The Morgan fingerprint density at radius 1 is 1.10 bits per heavy atom. The van der Waals surface area contributed by atoms with E-state index in [-0.39, 0.29) is 11.4 Å². The highest BCUT2D eigenvalue weighted by molar-refractivity contribution is 7.19. The summed E-state index contributed by atoms with van der Waals surface area (Å²) in [5.74, 6) is 4.58. The number of rotatable bonds is 7. The fraction of sp³-hybridized carbons (Fsp3) is 0.161. The summed E-state index contributed by atoms with van der Waals surface area (Å²) in [7, 11) is 1.50. The second-order valence-electron chi connectivity index (χ2n) is 9.79. The number of nitrogens with one attached hydrogen (secondary N) is 1. The van der Waals surface area contributed by atoms with Crippen LogP contribution in [-0.2, 0) is 16.1 Å². The van der Waals surface area contributed by atoms with Crippen molar-refractivity contribution in [2.75, 3.05) is 17.3 Å². The number of imidazole rings is 1. The van der Waals surface area contributed by atoms with Crippen LogP contribution in [0.1, 0.15) is 17.7 Å². The van der Waals surface area contributed by atoms with E-state index in [0.717, 1.165) is 9.58 Å². The van der Waals surface area contributed by atoms with Crippen LogP contribution in [0.4, 0.5) is 20.2 Å². The van der Waals surface area contributed by atoms with Gasteiger partial charge in [-0.05, 0) is 55.3 Å². The zero-order chi connectivity index (χ0) is 29.3. The third kappa shape index (κ3) is 5.44. The first-order valence-corrected chi connectivity index (χ1v) is 13.8. The maximum absolute atomic E-state index is 15.2. The Bertz CT molecular complexity index is 1860. The molecular weight excluding hydrogens is 560 g/mol. The van der Waals surface area contributed by atoms with Crippen LogP contribution in [0.2, 0.25) is 0 Å². The van der Waals surface area contributed by atoms with E-state index >= 15 is 4.39 Å². The lowest BCUT2D eigenvalue weighted by Crippen LogP contribution is -2.41. The van der Waals surface area contributed by atoms with Crippen molar-refractivity contribution in [1.82, 2.24) is 14.5 Å². The van der Waals surface area contributed by atoms with Crippen molar-refractivity contribution in [3.8, 4) is 23.3 Å². The number of halogens is 2. The van der Waals surface area contributed by atoms with Crippen LogP contribution in [-0.4, -0.2) is 33.4 Å². The lowest BCUT2D eigenvalue weighted by atomic mass is 10.0.